The molecule has 0 spiro atoms. The maximum Gasteiger partial charge on any atom is 0.266 e. The van der Waals surface area contributed by atoms with Crippen molar-refractivity contribution >= 4 is 46.3 Å². The van der Waals surface area contributed by atoms with Gasteiger partial charge in [-0.25, -0.2) is 0 Å². The number of amides is 1. The Morgan fingerprint density at radius 3 is 2.74 bits per heavy atom. The van der Waals surface area contributed by atoms with E-state index in [9.17, 15) is 14.7 Å². The van der Waals surface area contributed by atoms with Crippen molar-refractivity contribution in [2.24, 2.45) is 0 Å². The number of methoxy groups -OCH3 is 1. The third-order valence-corrected chi connectivity index (χ3v) is 4.40. The van der Waals surface area contributed by atoms with Gasteiger partial charge in [-0.3, -0.25) is 9.69 Å². The van der Waals surface area contributed by atoms with Gasteiger partial charge in [-0.2, -0.15) is 0 Å². The Balaban J connectivity index is 2.24. The van der Waals surface area contributed by atoms with Gasteiger partial charge in [-0.1, -0.05) is 30.0 Å². The average Bonchev–Trinajstić information content (AvgIpc) is 2.79. The number of nitrogens with zero attached hydrogens (tertiary/aromatic N) is 1. The van der Waals surface area contributed by atoms with Gasteiger partial charge in [-0.05, 0) is 30.7 Å². The standard InChI is InChI=1S/C15H15NO5S2/c1-3-16-14(19)12(23-15(16)22)7-9-4-5-10(11(6-9)20-2)21-8-13(17)18/h4-7H,3,8H2,1-2H3,(H,17,18)/p-1/b12-7-. The Bertz CT molecular complexity index is 686. The lowest BCUT2D eigenvalue weighted by Gasteiger charge is -2.12. The van der Waals surface area contributed by atoms with Gasteiger partial charge in [0.2, 0.25) is 0 Å². The molecule has 1 aromatic rings. The van der Waals surface area contributed by atoms with Crippen molar-refractivity contribution in [2.45, 2.75) is 6.92 Å². The molecule has 0 saturated carbocycles. The van der Waals surface area contributed by atoms with E-state index in [-0.39, 0.29) is 11.7 Å². The molecule has 0 bridgehead atoms. The van der Waals surface area contributed by atoms with Crippen LogP contribution in [0.5, 0.6) is 11.5 Å². The summed E-state index contributed by atoms with van der Waals surface area (Å²) < 4.78 is 10.8. The molecule has 2 rings (SSSR count). The summed E-state index contributed by atoms with van der Waals surface area (Å²) in [6, 6.07) is 4.93. The van der Waals surface area contributed by atoms with E-state index >= 15 is 0 Å². The van der Waals surface area contributed by atoms with Crippen LogP contribution in [0.1, 0.15) is 12.5 Å². The lowest BCUT2D eigenvalue weighted by atomic mass is 10.2. The number of carbonyl (C=O) groups is 2. The first-order chi connectivity index (χ1) is 11.0. The van der Waals surface area contributed by atoms with Gasteiger partial charge in [0.25, 0.3) is 5.91 Å². The second-order valence-electron chi connectivity index (χ2n) is 4.50. The predicted molar refractivity (Wildman–Crippen MR) is 89.0 cm³/mol. The molecular formula is C15H14NO5S2-. The summed E-state index contributed by atoms with van der Waals surface area (Å²) in [5, 5.41) is 10.5. The second kappa shape index (κ2) is 7.47. The highest BCUT2D eigenvalue weighted by atomic mass is 32.2. The van der Waals surface area contributed by atoms with Crippen LogP contribution >= 0.6 is 24.0 Å². The van der Waals surface area contributed by atoms with Crippen molar-refractivity contribution in [3.8, 4) is 11.5 Å². The zero-order valence-corrected chi connectivity index (χ0v) is 14.2. The van der Waals surface area contributed by atoms with Crippen LogP contribution in [0, 0.1) is 0 Å². The third kappa shape index (κ3) is 4.02. The van der Waals surface area contributed by atoms with Gasteiger partial charge >= 0.3 is 0 Å². The summed E-state index contributed by atoms with van der Waals surface area (Å²) in [4.78, 5) is 24.7. The maximum atomic E-state index is 12.2. The Morgan fingerprint density at radius 1 is 1.43 bits per heavy atom. The van der Waals surface area contributed by atoms with Crippen molar-refractivity contribution in [2.75, 3.05) is 20.3 Å². The number of thioether (sulfide) groups is 1. The Kier molecular flexibility index (Phi) is 5.62. The van der Waals surface area contributed by atoms with Crippen LogP contribution in [0.2, 0.25) is 0 Å². The molecule has 0 atom stereocenters. The van der Waals surface area contributed by atoms with Gasteiger partial charge in [0.1, 0.15) is 10.9 Å². The largest absolute Gasteiger partial charge is 0.546 e. The summed E-state index contributed by atoms with van der Waals surface area (Å²) in [5.41, 5.74) is 0.722. The molecule has 6 nitrogen and oxygen atoms in total. The first-order valence-corrected chi connectivity index (χ1v) is 7.94. The normalized spacial score (nSPS) is 16.1. The Hall–Kier alpha value is -2.06. The highest BCUT2D eigenvalue weighted by Crippen LogP contribution is 2.34. The number of carbonyl (C=O) groups excluding carboxylic acids is 2. The zero-order valence-electron chi connectivity index (χ0n) is 12.5. The van der Waals surface area contributed by atoms with Gasteiger partial charge in [0.05, 0.1) is 18.0 Å². The molecule has 0 unspecified atom stereocenters. The smallest absolute Gasteiger partial charge is 0.266 e. The van der Waals surface area contributed by atoms with Gasteiger partial charge in [0.15, 0.2) is 11.5 Å². The number of aliphatic carboxylic acids is 1. The summed E-state index contributed by atoms with van der Waals surface area (Å²) >= 11 is 6.40. The van der Waals surface area contributed by atoms with Crippen molar-refractivity contribution in [1.82, 2.24) is 4.90 Å². The number of rotatable bonds is 6. The number of hydrogen-bond acceptors (Lipinski definition) is 7. The van der Waals surface area contributed by atoms with Crippen LogP contribution in [0.4, 0.5) is 0 Å². The van der Waals surface area contributed by atoms with Crippen molar-refractivity contribution < 1.29 is 24.2 Å². The molecule has 1 aliphatic heterocycles. The summed E-state index contributed by atoms with van der Waals surface area (Å²) in [5.74, 6) is -0.793. The summed E-state index contributed by atoms with van der Waals surface area (Å²) in [6.45, 7) is 1.83. The minimum Gasteiger partial charge on any atom is -0.546 e. The van der Waals surface area contributed by atoms with Crippen molar-refractivity contribution in [3.63, 3.8) is 0 Å². The van der Waals surface area contributed by atoms with Crippen molar-refractivity contribution in [3.05, 3.63) is 28.7 Å². The van der Waals surface area contributed by atoms with Gasteiger partial charge in [0, 0.05) is 6.54 Å². The minimum absolute atomic E-state index is 0.126. The van der Waals surface area contributed by atoms with E-state index in [1.165, 1.54) is 23.8 Å². The molecule has 0 N–H and O–H groups in total. The van der Waals surface area contributed by atoms with Gasteiger partial charge in [-0.15, -0.1) is 0 Å². The molecule has 1 saturated heterocycles. The van der Waals surface area contributed by atoms with Crippen LogP contribution in [0.25, 0.3) is 6.08 Å². The first kappa shape index (κ1) is 17.3. The molecule has 1 heterocycles. The van der Waals surface area contributed by atoms with E-state index in [1.807, 2.05) is 6.92 Å². The fraction of sp³-hybridized carbons (Fsp3) is 0.267. The quantitative estimate of drug-likeness (QED) is 0.559. The predicted octanol–water partition coefficient (Wildman–Crippen LogP) is 1.04. The number of hydrogen-bond donors (Lipinski definition) is 0. The second-order valence-corrected chi connectivity index (χ2v) is 6.17. The molecule has 8 heteroatoms. The van der Waals surface area contributed by atoms with Crippen LogP contribution in [0.3, 0.4) is 0 Å². The fourth-order valence-corrected chi connectivity index (χ4v) is 3.34. The van der Waals surface area contributed by atoms with Crippen molar-refractivity contribution in [1.29, 1.82) is 0 Å². The molecule has 1 fully saturated rings. The van der Waals surface area contributed by atoms with E-state index < -0.39 is 12.6 Å². The molecule has 122 valence electrons. The summed E-state index contributed by atoms with van der Waals surface area (Å²) in [7, 11) is 1.45. The number of benzene rings is 1. The molecular weight excluding hydrogens is 338 g/mol. The molecule has 0 aliphatic carbocycles. The molecule has 23 heavy (non-hydrogen) atoms. The monoisotopic (exact) mass is 352 g/mol. The average molecular weight is 352 g/mol. The highest BCUT2D eigenvalue weighted by molar-refractivity contribution is 8.26. The van der Waals surface area contributed by atoms with Crippen LogP contribution in [-0.4, -0.2) is 41.4 Å². The number of thiocarbonyl (C=S) groups is 1. The van der Waals surface area contributed by atoms with E-state index in [4.69, 9.17) is 21.7 Å². The number of carboxylic acids is 1. The SMILES string of the molecule is CCN1C(=O)/C(=C/c2ccc(OCC(=O)[O-])c(OC)c2)SC1=S. The zero-order chi connectivity index (χ0) is 17.0. The topological polar surface area (TPSA) is 78.9 Å². The van der Waals surface area contributed by atoms with Crippen LogP contribution in [-0.2, 0) is 9.59 Å². The van der Waals surface area contributed by atoms with E-state index in [2.05, 4.69) is 0 Å². The fourth-order valence-electron chi connectivity index (χ4n) is 1.95. The Morgan fingerprint density at radius 2 is 2.17 bits per heavy atom. The molecule has 1 amide bonds. The third-order valence-electron chi connectivity index (χ3n) is 3.02. The Labute approximate surface area is 143 Å². The molecule has 0 radical (unpaired) electrons. The maximum absolute atomic E-state index is 12.2. The minimum atomic E-state index is -1.32. The summed E-state index contributed by atoms with van der Waals surface area (Å²) in [6.07, 6.45) is 1.71. The molecule has 1 aromatic carbocycles. The van der Waals surface area contributed by atoms with E-state index in [0.29, 0.717) is 21.5 Å². The lowest BCUT2D eigenvalue weighted by Crippen LogP contribution is -2.29. The first-order valence-electron chi connectivity index (χ1n) is 6.72. The number of carboxylic acid groups (broad SMARTS) is 1. The number of ether oxygens (including phenoxy) is 2. The lowest BCUT2D eigenvalue weighted by molar-refractivity contribution is -0.307. The van der Waals surface area contributed by atoms with Crippen LogP contribution in [0.15, 0.2) is 23.1 Å². The molecule has 1 aliphatic rings. The van der Waals surface area contributed by atoms with E-state index in [1.54, 1.807) is 24.3 Å². The number of likely N-dealkylation sites (N-methyl/N-ethyl adjacent to an activating group) is 1. The van der Waals surface area contributed by atoms with E-state index in [0.717, 1.165) is 5.56 Å². The highest BCUT2D eigenvalue weighted by Gasteiger charge is 2.30. The van der Waals surface area contributed by atoms with Gasteiger partial charge < -0.3 is 19.4 Å². The molecule has 0 aromatic heterocycles. The van der Waals surface area contributed by atoms with Crippen LogP contribution < -0.4 is 14.6 Å².